The van der Waals surface area contributed by atoms with Gasteiger partial charge in [0.25, 0.3) is 0 Å². The summed E-state index contributed by atoms with van der Waals surface area (Å²) in [6, 6.07) is 5.17. The Hall–Kier alpha value is -1.65. The van der Waals surface area contributed by atoms with Crippen LogP contribution in [-0.4, -0.2) is 17.7 Å². The molecular weight excluding hydrogens is 229 g/mol. The van der Waals surface area contributed by atoms with E-state index in [-0.39, 0.29) is 6.42 Å². The van der Waals surface area contributed by atoms with E-state index in [1.165, 1.54) is 0 Å². The van der Waals surface area contributed by atoms with Crippen molar-refractivity contribution in [2.45, 2.75) is 18.5 Å². The first kappa shape index (κ1) is 10.5. The molecule has 1 aromatic heterocycles. The highest BCUT2D eigenvalue weighted by molar-refractivity contribution is 5.93. The topological polar surface area (TPSA) is 27.8 Å². The summed E-state index contributed by atoms with van der Waals surface area (Å²) < 4.78 is 38.7. The van der Waals surface area contributed by atoms with Crippen molar-refractivity contribution < 1.29 is 13.2 Å². The normalized spacial score (nSPS) is 20.1. The van der Waals surface area contributed by atoms with Crippen molar-refractivity contribution in [1.29, 1.82) is 0 Å². The number of H-pyrrole nitrogens is 1. The van der Waals surface area contributed by atoms with Crippen LogP contribution in [0.4, 0.5) is 18.9 Å². The van der Waals surface area contributed by atoms with E-state index >= 15 is 0 Å². The lowest BCUT2D eigenvalue weighted by Gasteiger charge is -2.28. The molecule has 2 heterocycles. The number of aromatic amines is 1. The van der Waals surface area contributed by atoms with E-state index in [4.69, 9.17) is 0 Å². The zero-order valence-electron chi connectivity index (χ0n) is 8.93. The predicted molar refractivity (Wildman–Crippen MR) is 60.2 cm³/mol. The molecule has 5 heteroatoms. The van der Waals surface area contributed by atoms with Crippen LogP contribution in [0.25, 0.3) is 10.9 Å². The van der Waals surface area contributed by atoms with Gasteiger partial charge in [0.15, 0.2) is 0 Å². The fourth-order valence-corrected chi connectivity index (χ4v) is 2.46. The van der Waals surface area contributed by atoms with E-state index in [9.17, 15) is 13.2 Å². The highest BCUT2D eigenvalue weighted by atomic mass is 19.4. The van der Waals surface area contributed by atoms with Gasteiger partial charge in [-0.15, -0.1) is 0 Å². The standard InChI is InChI=1S/C12H11F3N2/c13-12(14,15)9-4-6-17-11-8(9)2-1-7-3-5-16-10(7)11/h1-3,5,9,16-17H,4,6H2. The van der Waals surface area contributed by atoms with Crippen LogP contribution in [0.2, 0.25) is 0 Å². The summed E-state index contributed by atoms with van der Waals surface area (Å²) in [5.41, 5.74) is 1.70. The molecule has 0 saturated carbocycles. The molecular formula is C12H11F3N2. The van der Waals surface area contributed by atoms with E-state index in [2.05, 4.69) is 10.3 Å². The van der Waals surface area contributed by atoms with Crippen molar-refractivity contribution >= 4 is 16.6 Å². The minimum atomic E-state index is -4.17. The number of alkyl halides is 3. The van der Waals surface area contributed by atoms with E-state index in [0.717, 1.165) is 10.9 Å². The second-order valence-corrected chi connectivity index (χ2v) is 4.28. The molecule has 1 unspecified atom stereocenters. The summed E-state index contributed by atoms with van der Waals surface area (Å²) in [5, 5.41) is 3.99. The van der Waals surface area contributed by atoms with Crippen LogP contribution in [0.15, 0.2) is 24.4 Å². The van der Waals surface area contributed by atoms with Crippen molar-refractivity contribution in [1.82, 2.24) is 4.98 Å². The van der Waals surface area contributed by atoms with Crippen LogP contribution in [-0.2, 0) is 0 Å². The average Bonchev–Trinajstić information content (AvgIpc) is 2.75. The first-order valence-corrected chi connectivity index (χ1v) is 5.48. The Kier molecular flexibility index (Phi) is 2.11. The molecule has 2 N–H and O–H groups in total. The molecule has 1 atom stereocenters. The molecule has 0 fully saturated rings. The van der Waals surface area contributed by atoms with Crippen LogP contribution in [0, 0.1) is 0 Å². The number of anilines is 1. The Balaban J connectivity index is 2.21. The zero-order chi connectivity index (χ0) is 12.0. The van der Waals surface area contributed by atoms with Gasteiger partial charge in [0, 0.05) is 18.1 Å². The molecule has 1 aliphatic heterocycles. The van der Waals surface area contributed by atoms with Crippen molar-refractivity contribution in [3.63, 3.8) is 0 Å². The number of nitrogens with one attached hydrogen (secondary N) is 2. The maximum atomic E-state index is 12.9. The Morgan fingerprint density at radius 3 is 2.76 bits per heavy atom. The lowest BCUT2D eigenvalue weighted by atomic mass is 9.89. The molecule has 17 heavy (non-hydrogen) atoms. The summed E-state index contributed by atoms with van der Waals surface area (Å²) in [6.45, 7) is 0.356. The average molecular weight is 240 g/mol. The summed E-state index contributed by atoms with van der Waals surface area (Å²) in [5.74, 6) is -1.36. The van der Waals surface area contributed by atoms with Gasteiger partial charge in [-0.3, -0.25) is 0 Å². The largest absolute Gasteiger partial charge is 0.395 e. The van der Waals surface area contributed by atoms with E-state index < -0.39 is 12.1 Å². The minimum Gasteiger partial charge on any atom is -0.383 e. The third kappa shape index (κ3) is 1.57. The van der Waals surface area contributed by atoms with Crippen molar-refractivity contribution in [3.05, 3.63) is 30.0 Å². The Bertz CT molecular complexity index is 556. The summed E-state index contributed by atoms with van der Waals surface area (Å²) in [4.78, 5) is 2.99. The molecule has 1 aliphatic rings. The number of fused-ring (bicyclic) bond motifs is 3. The number of hydrogen-bond acceptors (Lipinski definition) is 1. The predicted octanol–water partition coefficient (Wildman–Crippen LogP) is 3.63. The van der Waals surface area contributed by atoms with Gasteiger partial charge < -0.3 is 10.3 Å². The molecule has 1 aromatic carbocycles. The number of aromatic nitrogens is 1. The quantitative estimate of drug-likeness (QED) is 0.723. The van der Waals surface area contributed by atoms with Gasteiger partial charge in [-0.1, -0.05) is 12.1 Å². The number of hydrogen-bond donors (Lipinski definition) is 2. The number of halogens is 3. The monoisotopic (exact) mass is 240 g/mol. The van der Waals surface area contributed by atoms with Gasteiger partial charge in [-0.25, -0.2) is 0 Å². The molecule has 0 spiro atoms. The van der Waals surface area contributed by atoms with Gasteiger partial charge >= 0.3 is 6.18 Å². The first-order valence-electron chi connectivity index (χ1n) is 5.48. The van der Waals surface area contributed by atoms with Crippen LogP contribution >= 0.6 is 0 Å². The van der Waals surface area contributed by atoms with Gasteiger partial charge in [0.1, 0.15) is 0 Å². The molecule has 2 nitrogen and oxygen atoms in total. The van der Waals surface area contributed by atoms with Crippen molar-refractivity contribution in [2.24, 2.45) is 0 Å². The summed E-state index contributed by atoms with van der Waals surface area (Å²) >= 11 is 0. The lowest BCUT2D eigenvalue weighted by Crippen LogP contribution is -2.28. The SMILES string of the molecule is FC(F)(F)C1CCNc2c1ccc1cc[nH]c21. The maximum absolute atomic E-state index is 12.9. The maximum Gasteiger partial charge on any atom is 0.395 e. The van der Waals surface area contributed by atoms with E-state index in [1.54, 1.807) is 18.3 Å². The smallest absolute Gasteiger partial charge is 0.383 e. The van der Waals surface area contributed by atoms with Crippen LogP contribution < -0.4 is 5.32 Å². The fraction of sp³-hybridized carbons (Fsp3) is 0.333. The number of benzene rings is 1. The first-order chi connectivity index (χ1) is 8.07. The highest BCUT2D eigenvalue weighted by Gasteiger charge is 2.43. The van der Waals surface area contributed by atoms with E-state index in [1.807, 2.05) is 6.07 Å². The Labute approximate surface area is 95.8 Å². The second-order valence-electron chi connectivity index (χ2n) is 4.28. The number of rotatable bonds is 0. The molecule has 0 bridgehead atoms. The fourth-order valence-electron chi connectivity index (χ4n) is 2.46. The molecule has 90 valence electrons. The highest BCUT2D eigenvalue weighted by Crippen LogP contribution is 2.44. The Morgan fingerprint density at radius 2 is 2.00 bits per heavy atom. The third-order valence-corrected chi connectivity index (χ3v) is 3.27. The van der Waals surface area contributed by atoms with Gasteiger partial charge in [-0.2, -0.15) is 13.2 Å². The summed E-state index contributed by atoms with van der Waals surface area (Å²) in [7, 11) is 0. The van der Waals surface area contributed by atoms with Crippen molar-refractivity contribution in [2.75, 3.05) is 11.9 Å². The molecule has 3 rings (SSSR count). The van der Waals surface area contributed by atoms with Gasteiger partial charge in [0.05, 0.1) is 17.1 Å². The minimum absolute atomic E-state index is 0.0999. The van der Waals surface area contributed by atoms with E-state index in [0.29, 0.717) is 17.8 Å². The zero-order valence-corrected chi connectivity index (χ0v) is 8.93. The van der Waals surface area contributed by atoms with Crippen molar-refractivity contribution in [3.8, 4) is 0 Å². The van der Waals surface area contributed by atoms with Crippen LogP contribution in [0.5, 0.6) is 0 Å². The van der Waals surface area contributed by atoms with Gasteiger partial charge in [-0.05, 0) is 18.1 Å². The van der Waals surface area contributed by atoms with Crippen LogP contribution in [0.3, 0.4) is 0 Å². The summed E-state index contributed by atoms with van der Waals surface area (Å²) in [6.07, 6.45) is -2.33. The second kappa shape index (κ2) is 3.42. The molecule has 0 saturated heterocycles. The molecule has 0 amide bonds. The molecule has 0 radical (unpaired) electrons. The lowest BCUT2D eigenvalue weighted by molar-refractivity contribution is -0.151. The van der Waals surface area contributed by atoms with Gasteiger partial charge in [0.2, 0.25) is 0 Å². The third-order valence-electron chi connectivity index (χ3n) is 3.27. The molecule has 2 aromatic rings. The Morgan fingerprint density at radius 1 is 1.18 bits per heavy atom. The van der Waals surface area contributed by atoms with Crippen LogP contribution in [0.1, 0.15) is 17.9 Å². The molecule has 0 aliphatic carbocycles.